The fraction of sp³-hybridized carbons (Fsp3) is 0. The Morgan fingerprint density at radius 3 is 0.930 bits per heavy atom. The fourth-order valence-electron chi connectivity index (χ4n) is 20.7. The number of rotatable bonds is 9. The Morgan fingerprint density at radius 2 is 0.419 bits per heavy atom. The van der Waals surface area contributed by atoms with Crippen molar-refractivity contribution in [1.82, 2.24) is 0 Å². The van der Waals surface area contributed by atoms with Crippen LogP contribution in [0.25, 0.3) is 258 Å². The Morgan fingerprint density at radius 1 is 0.116 bits per heavy atom. The molecule has 3 heteroatoms. The number of hydrogen-bond donors (Lipinski definition) is 0. The molecule has 0 aliphatic rings. The van der Waals surface area contributed by atoms with E-state index in [0.717, 1.165) is 0 Å². The Bertz CT molecular complexity index is 9000. The first-order valence-electron chi connectivity index (χ1n) is 44.3. The van der Waals surface area contributed by atoms with Gasteiger partial charge in [-0.3, -0.25) is 0 Å². The van der Waals surface area contributed by atoms with E-state index in [4.69, 9.17) is 0 Å². The molecule has 3 aromatic heterocycles. The minimum absolute atomic E-state index is 1.23. The summed E-state index contributed by atoms with van der Waals surface area (Å²) in [5.41, 5.74) is 22.8. The van der Waals surface area contributed by atoms with Gasteiger partial charge in [0.05, 0.1) is 0 Å². The third-order valence-corrected chi connectivity index (χ3v) is 30.0. The van der Waals surface area contributed by atoms with Crippen LogP contribution < -0.4 is 0 Å². The Hall–Kier alpha value is -15.7. The molecule has 0 unspecified atom stereocenters. The smallest absolute Gasteiger partial charge is 0.0433 e. The van der Waals surface area contributed by atoms with E-state index >= 15 is 0 Å². The van der Waals surface area contributed by atoms with E-state index in [2.05, 4.69) is 473 Å². The standard InChI is InChI=1S/3C42H26S/c1-2-11-27(12-3-1)29-14-10-15-30(25-29)40-34-17-6-8-19-36(34)41(37-20-9-7-18-35(37)40)31-22-23-33-38-24-21-28-13-4-5-16-32(28)42(38)43-39(33)26-31;1-2-10-27(11-3-1)28-18-20-30(21-19-28)40-33-14-6-8-16-35(33)41(36-17-9-7-15-34(36)40)31-22-24-37-39(26-31)43-38-25-23-29-12-4-5-13-32(29)42(37)38;1-2-12-27(13-3-1)31-16-6-7-17-33(31)42-36-20-10-8-18-34(36)41(35-19-9-11-21-37(35)42)30-22-23-32-38-24-28-14-4-5-15-29(28)25-40(38)43-39(32)26-30/h3*1-26H. The van der Waals surface area contributed by atoms with Crippen molar-refractivity contribution in [1.29, 1.82) is 0 Å². The summed E-state index contributed by atoms with van der Waals surface area (Å²) >= 11 is 5.70. The van der Waals surface area contributed by atoms with Crippen molar-refractivity contribution in [3.63, 3.8) is 0 Å². The number of benzene rings is 24. The fourth-order valence-corrected chi connectivity index (χ4v) is 24.3. The largest absolute Gasteiger partial charge is 0.135 e. The van der Waals surface area contributed by atoms with Crippen LogP contribution in [0.1, 0.15) is 0 Å². The molecule has 0 amide bonds. The second kappa shape index (κ2) is 31.7. The number of fused-ring (bicyclic) bond motifs is 20. The van der Waals surface area contributed by atoms with E-state index in [1.807, 2.05) is 34.0 Å². The third kappa shape index (κ3) is 13.1. The summed E-state index contributed by atoms with van der Waals surface area (Å²) in [5, 5.41) is 31.3. The second-order valence-corrected chi connectivity index (χ2v) is 37.0. The van der Waals surface area contributed by atoms with Gasteiger partial charge in [-0.2, -0.15) is 0 Å². The Labute approximate surface area is 758 Å². The summed E-state index contributed by atoms with van der Waals surface area (Å²) in [5.74, 6) is 0. The van der Waals surface area contributed by atoms with Crippen LogP contribution in [-0.4, -0.2) is 0 Å². The lowest BCUT2D eigenvalue weighted by Gasteiger charge is -2.19. The van der Waals surface area contributed by atoms with Crippen LogP contribution in [0.4, 0.5) is 0 Å². The quantitative estimate of drug-likeness (QED) is 0.126. The maximum Gasteiger partial charge on any atom is 0.0433 e. The van der Waals surface area contributed by atoms with Gasteiger partial charge < -0.3 is 0 Å². The van der Waals surface area contributed by atoms with E-state index in [9.17, 15) is 0 Å². The zero-order valence-electron chi connectivity index (χ0n) is 70.3. The Kier molecular flexibility index (Phi) is 18.6. The zero-order valence-corrected chi connectivity index (χ0v) is 72.7. The predicted molar refractivity (Wildman–Crippen MR) is 564 cm³/mol. The maximum atomic E-state index is 2.42. The summed E-state index contributed by atoms with van der Waals surface area (Å²) in [6, 6.07) is 174. The van der Waals surface area contributed by atoms with Crippen molar-refractivity contribution < 1.29 is 0 Å². The monoisotopic (exact) mass is 1690 g/mol. The Balaban J connectivity index is 0.000000105. The minimum atomic E-state index is 1.23. The molecule has 0 aliphatic heterocycles. The lowest BCUT2D eigenvalue weighted by Crippen LogP contribution is -1.92. The van der Waals surface area contributed by atoms with Crippen molar-refractivity contribution in [3.05, 3.63) is 473 Å². The van der Waals surface area contributed by atoms with Gasteiger partial charge in [0.2, 0.25) is 0 Å². The van der Waals surface area contributed by atoms with E-state index in [0.29, 0.717) is 0 Å². The molecule has 24 aromatic carbocycles. The molecule has 0 N–H and O–H groups in total. The second-order valence-electron chi connectivity index (χ2n) is 33.8. The van der Waals surface area contributed by atoms with Crippen molar-refractivity contribution in [2.24, 2.45) is 0 Å². The molecular formula is C126H78S3. The molecular weight excluding hydrogens is 1610 g/mol. The normalized spacial score (nSPS) is 11.7. The molecule has 0 radical (unpaired) electrons. The van der Waals surface area contributed by atoms with E-state index in [-0.39, 0.29) is 0 Å². The highest BCUT2D eigenvalue weighted by molar-refractivity contribution is 7.27. The van der Waals surface area contributed by atoms with Gasteiger partial charge >= 0.3 is 0 Å². The average molecular weight is 1690 g/mol. The summed E-state index contributed by atoms with van der Waals surface area (Å²) in [6.07, 6.45) is 0. The molecule has 600 valence electrons. The van der Waals surface area contributed by atoms with Gasteiger partial charge in [-0.05, 0) is 240 Å². The van der Waals surface area contributed by atoms with Crippen LogP contribution >= 0.6 is 34.0 Å². The molecule has 27 aromatic rings. The molecule has 0 nitrogen and oxygen atoms in total. The van der Waals surface area contributed by atoms with Crippen LogP contribution in [0.2, 0.25) is 0 Å². The number of hydrogen-bond acceptors (Lipinski definition) is 3. The summed E-state index contributed by atoms with van der Waals surface area (Å²) < 4.78 is 8.04. The van der Waals surface area contributed by atoms with E-state index in [1.54, 1.807) is 0 Å². The van der Waals surface area contributed by atoms with Crippen LogP contribution in [-0.2, 0) is 0 Å². The highest BCUT2D eigenvalue weighted by Crippen LogP contribution is 2.53. The molecule has 0 aliphatic carbocycles. The first-order chi connectivity index (χ1) is 64.0. The lowest BCUT2D eigenvalue weighted by atomic mass is 9.84. The zero-order chi connectivity index (χ0) is 85.0. The SMILES string of the molecule is c1ccc(-c2ccc(-c3c4ccccc4c(-c4ccc5c(c4)sc4ccc6ccccc6c45)c4ccccc34)cc2)cc1.c1ccc(-c2cccc(-c3c4ccccc4c(-c4ccc5c(c4)sc4c6ccccc6ccc54)c4ccccc34)c2)cc1.c1ccc(-c2ccccc2-c2c3ccccc3c(-c3ccc4c(c3)sc3cc5ccccc5cc34)c3ccccc23)cc1. The highest BCUT2D eigenvalue weighted by Gasteiger charge is 2.24. The van der Waals surface area contributed by atoms with Gasteiger partial charge in [0.25, 0.3) is 0 Å². The molecule has 0 atom stereocenters. The number of thiophene rings is 3. The van der Waals surface area contributed by atoms with Crippen LogP contribution in [0.15, 0.2) is 473 Å². The average Bonchev–Trinajstić information content (AvgIpc) is 1.50. The van der Waals surface area contributed by atoms with Gasteiger partial charge in [0, 0.05) is 60.5 Å². The molecule has 0 bridgehead atoms. The molecule has 0 spiro atoms. The lowest BCUT2D eigenvalue weighted by molar-refractivity contribution is 1.61. The van der Waals surface area contributed by atoms with Gasteiger partial charge in [-0.1, -0.05) is 431 Å². The van der Waals surface area contributed by atoms with E-state index < -0.39 is 0 Å². The van der Waals surface area contributed by atoms with Gasteiger partial charge in [0.1, 0.15) is 0 Å². The topological polar surface area (TPSA) is 0 Å². The van der Waals surface area contributed by atoms with Crippen molar-refractivity contribution in [2.45, 2.75) is 0 Å². The van der Waals surface area contributed by atoms with E-state index in [1.165, 1.54) is 258 Å². The molecule has 0 saturated heterocycles. The summed E-state index contributed by atoms with van der Waals surface area (Å²) in [7, 11) is 0. The van der Waals surface area contributed by atoms with Crippen molar-refractivity contribution in [2.75, 3.05) is 0 Å². The van der Waals surface area contributed by atoms with Crippen molar-refractivity contribution in [3.8, 4) is 100 Å². The molecule has 0 saturated carbocycles. The highest BCUT2D eigenvalue weighted by atomic mass is 32.1. The van der Waals surface area contributed by atoms with Crippen molar-refractivity contribution >= 4 is 191 Å². The third-order valence-electron chi connectivity index (χ3n) is 26.5. The first-order valence-corrected chi connectivity index (χ1v) is 46.8. The maximum absolute atomic E-state index is 2.42. The molecule has 3 heterocycles. The minimum Gasteiger partial charge on any atom is -0.135 e. The van der Waals surface area contributed by atoms with Gasteiger partial charge in [-0.15, -0.1) is 34.0 Å². The summed E-state index contributed by atoms with van der Waals surface area (Å²) in [6.45, 7) is 0. The van der Waals surface area contributed by atoms with Gasteiger partial charge in [-0.25, -0.2) is 0 Å². The van der Waals surface area contributed by atoms with Crippen LogP contribution in [0.5, 0.6) is 0 Å². The van der Waals surface area contributed by atoms with Crippen LogP contribution in [0, 0.1) is 0 Å². The first kappa shape index (κ1) is 75.8. The van der Waals surface area contributed by atoms with Gasteiger partial charge in [0.15, 0.2) is 0 Å². The molecule has 129 heavy (non-hydrogen) atoms. The molecule has 27 rings (SSSR count). The van der Waals surface area contributed by atoms with Crippen LogP contribution in [0.3, 0.4) is 0 Å². The molecule has 0 fully saturated rings. The summed E-state index contributed by atoms with van der Waals surface area (Å²) in [4.78, 5) is 0. The predicted octanol–water partition coefficient (Wildman–Crippen LogP) is 37.5.